The second-order valence-electron chi connectivity index (χ2n) is 3.29. The van der Waals surface area contributed by atoms with Crippen LogP contribution >= 0.6 is 43.5 Å². The molecule has 1 heterocycles. The van der Waals surface area contributed by atoms with Crippen LogP contribution in [-0.2, 0) is 9.59 Å². The molecule has 84 valence electrons. The Labute approximate surface area is 109 Å². The number of rotatable bonds is 2. The number of hydrogen-bond acceptors (Lipinski definition) is 2. The minimum atomic E-state index is -1.16. The minimum Gasteiger partial charge on any atom is -0.477 e. The molecule has 1 fully saturated rings. The summed E-state index contributed by atoms with van der Waals surface area (Å²) in [4.78, 5) is 23.6. The molecule has 15 heavy (non-hydrogen) atoms. The van der Waals surface area contributed by atoms with Crippen molar-refractivity contribution in [1.29, 1.82) is 0 Å². The molecule has 0 bridgehead atoms. The molecule has 1 rings (SSSR count). The molecule has 1 amide bonds. The summed E-state index contributed by atoms with van der Waals surface area (Å²) in [5.74, 6) is -1.58. The summed E-state index contributed by atoms with van der Waals surface area (Å²) < 4.78 is -1.06. The van der Waals surface area contributed by atoms with Gasteiger partial charge in [-0.1, -0.05) is 43.5 Å². The lowest BCUT2D eigenvalue weighted by molar-refractivity contribution is -0.146. The Bertz CT molecular complexity index is 363. The van der Waals surface area contributed by atoms with Crippen molar-refractivity contribution in [2.45, 2.75) is 22.6 Å². The minimum absolute atomic E-state index is 0.0745. The van der Waals surface area contributed by atoms with Crippen molar-refractivity contribution in [3.8, 4) is 0 Å². The molecule has 0 aromatic heterocycles. The molecule has 0 aromatic carbocycles. The van der Waals surface area contributed by atoms with Crippen molar-refractivity contribution in [3.05, 3.63) is 11.3 Å². The van der Waals surface area contributed by atoms with E-state index in [-0.39, 0.29) is 5.70 Å². The Morgan fingerprint density at radius 3 is 2.27 bits per heavy atom. The summed E-state index contributed by atoms with van der Waals surface area (Å²) in [6, 6.07) is 0. The van der Waals surface area contributed by atoms with E-state index in [0.717, 1.165) is 4.90 Å². The lowest BCUT2D eigenvalue weighted by atomic mass is 10.1. The molecule has 0 saturated carbocycles. The molecule has 0 spiro atoms. The van der Waals surface area contributed by atoms with E-state index in [9.17, 15) is 9.59 Å². The van der Waals surface area contributed by atoms with Crippen LogP contribution in [0.2, 0.25) is 0 Å². The number of hydrogen-bond donors (Lipinski definition) is 1. The maximum Gasteiger partial charge on any atom is 0.352 e. The quantitative estimate of drug-likeness (QED) is 0.355. The maximum absolute atomic E-state index is 11.6. The Kier molecular flexibility index (Phi) is 3.52. The average molecular weight is 361 g/mol. The van der Waals surface area contributed by atoms with E-state index in [1.54, 1.807) is 13.8 Å². The Hall–Kier alpha value is -0.0700. The molecular weight excluding hydrogens is 353 g/mol. The number of halogens is 3. The molecule has 1 aliphatic rings. The number of β-lactam (4-membered cyclic amide) rings is 1. The number of likely N-dealkylation sites (tertiary alicyclic amines) is 1. The molecule has 4 nitrogen and oxygen atoms in total. The molecule has 1 atom stereocenters. The third-order valence-corrected chi connectivity index (χ3v) is 4.54. The maximum atomic E-state index is 11.6. The van der Waals surface area contributed by atoms with Gasteiger partial charge in [0.1, 0.15) is 11.2 Å². The predicted molar refractivity (Wildman–Crippen MR) is 63.1 cm³/mol. The average Bonchev–Trinajstić information content (AvgIpc) is 2.11. The fraction of sp³-hybridized carbons (Fsp3) is 0.500. The first kappa shape index (κ1) is 13.0. The zero-order valence-corrected chi connectivity index (χ0v) is 11.9. The van der Waals surface area contributed by atoms with E-state index < -0.39 is 20.6 Å². The van der Waals surface area contributed by atoms with Crippen LogP contribution in [0.15, 0.2) is 11.3 Å². The van der Waals surface area contributed by atoms with Crippen LogP contribution in [0, 0.1) is 0 Å². The van der Waals surface area contributed by atoms with Crippen molar-refractivity contribution < 1.29 is 14.7 Å². The van der Waals surface area contributed by atoms with Gasteiger partial charge in [0, 0.05) is 0 Å². The van der Waals surface area contributed by atoms with Crippen LogP contribution in [0.25, 0.3) is 0 Å². The fourth-order valence-electron chi connectivity index (χ4n) is 1.23. The topological polar surface area (TPSA) is 57.6 Å². The van der Waals surface area contributed by atoms with Gasteiger partial charge in [-0.05, 0) is 19.4 Å². The molecule has 0 radical (unpaired) electrons. The van der Waals surface area contributed by atoms with E-state index in [1.165, 1.54) is 0 Å². The molecule has 1 aliphatic heterocycles. The number of carboxylic acids is 1. The van der Waals surface area contributed by atoms with Crippen LogP contribution in [-0.4, -0.2) is 30.6 Å². The first-order valence-electron chi connectivity index (χ1n) is 3.97. The molecule has 0 aliphatic carbocycles. The first-order valence-corrected chi connectivity index (χ1v) is 5.99. The van der Waals surface area contributed by atoms with Crippen LogP contribution in [0.5, 0.6) is 0 Å². The number of carbonyl (C=O) groups is 2. The number of aliphatic carboxylic acids is 1. The zero-order chi connectivity index (χ0) is 12.0. The monoisotopic (exact) mass is 359 g/mol. The Morgan fingerprint density at radius 1 is 1.53 bits per heavy atom. The van der Waals surface area contributed by atoms with Crippen LogP contribution in [0.4, 0.5) is 0 Å². The van der Waals surface area contributed by atoms with Gasteiger partial charge in [-0.2, -0.15) is 0 Å². The van der Waals surface area contributed by atoms with Crippen molar-refractivity contribution in [2.75, 3.05) is 0 Å². The highest BCUT2D eigenvalue weighted by molar-refractivity contribution is 9.26. The van der Waals surface area contributed by atoms with Gasteiger partial charge in [0.25, 0.3) is 5.91 Å². The van der Waals surface area contributed by atoms with Crippen molar-refractivity contribution in [2.24, 2.45) is 0 Å². The standard InChI is InChI=1S/C8H8Br2ClNO3/c1-3(2)4(5(13)14)12-6(11)8(9,10)7(12)15/h6H,1-2H3,(H,13,14). The van der Waals surface area contributed by atoms with Gasteiger partial charge in [0.05, 0.1) is 0 Å². The van der Waals surface area contributed by atoms with Gasteiger partial charge in [-0.25, -0.2) is 4.79 Å². The summed E-state index contributed by atoms with van der Waals surface area (Å²) in [7, 11) is 0. The smallest absolute Gasteiger partial charge is 0.352 e. The van der Waals surface area contributed by atoms with Gasteiger partial charge < -0.3 is 5.11 Å². The summed E-state index contributed by atoms with van der Waals surface area (Å²) in [6.07, 6.45) is 0. The largest absolute Gasteiger partial charge is 0.477 e. The molecular formula is C8H8Br2ClNO3. The van der Waals surface area contributed by atoms with Crippen LogP contribution in [0.1, 0.15) is 13.8 Å². The van der Waals surface area contributed by atoms with Gasteiger partial charge >= 0.3 is 5.97 Å². The lowest BCUT2D eigenvalue weighted by Gasteiger charge is -2.46. The zero-order valence-electron chi connectivity index (χ0n) is 7.92. The number of carboxylic acid groups (broad SMARTS) is 1. The number of amides is 1. The number of alkyl halides is 3. The molecule has 1 N–H and O–H groups in total. The second kappa shape index (κ2) is 4.07. The van der Waals surface area contributed by atoms with Crippen molar-refractivity contribution in [3.63, 3.8) is 0 Å². The second-order valence-corrected chi connectivity index (χ2v) is 7.27. The fourth-order valence-corrected chi connectivity index (χ4v) is 2.31. The van der Waals surface area contributed by atoms with E-state index in [2.05, 4.69) is 31.9 Å². The normalized spacial score (nSPS) is 23.4. The molecule has 1 unspecified atom stereocenters. The lowest BCUT2D eigenvalue weighted by Crippen LogP contribution is -2.65. The van der Waals surface area contributed by atoms with E-state index >= 15 is 0 Å². The summed E-state index contributed by atoms with van der Waals surface area (Å²) in [5.41, 5.74) is -0.308. The van der Waals surface area contributed by atoms with Crippen molar-refractivity contribution in [1.82, 2.24) is 4.90 Å². The molecule has 7 heteroatoms. The Balaban J connectivity index is 3.08. The van der Waals surface area contributed by atoms with Gasteiger partial charge in [-0.3, -0.25) is 9.69 Å². The number of nitrogens with zero attached hydrogens (tertiary/aromatic N) is 1. The molecule has 1 saturated heterocycles. The van der Waals surface area contributed by atoms with E-state index in [0.29, 0.717) is 5.57 Å². The van der Waals surface area contributed by atoms with Crippen LogP contribution in [0.3, 0.4) is 0 Å². The highest BCUT2D eigenvalue weighted by Crippen LogP contribution is 2.48. The van der Waals surface area contributed by atoms with E-state index in [1.807, 2.05) is 0 Å². The predicted octanol–water partition coefficient (Wildman–Crippen LogP) is 2.26. The summed E-state index contributed by atoms with van der Waals surface area (Å²) in [5, 5.41) is 8.94. The molecule has 0 aromatic rings. The highest BCUT2D eigenvalue weighted by Gasteiger charge is 2.59. The van der Waals surface area contributed by atoms with Gasteiger partial charge in [0.15, 0.2) is 3.23 Å². The van der Waals surface area contributed by atoms with Crippen LogP contribution < -0.4 is 0 Å². The van der Waals surface area contributed by atoms with Gasteiger partial charge in [0.2, 0.25) is 0 Å². The SMILES string of the molecule is CC(C)=C(C(=O)O)N1C(=O)C(Br)(Br)C1Cl. The Morgan fingerprint density at radius 2 is 2.00 bits per heavy atom. The summed E-state index contributed by atoms with van der Waals surface area (Å²) in [6.45, 7) is 3.23. The number of allylic oxidation sites excluding steroid dienone is 1. The van der Waals surface area contributed by atoms with Gasteiger partial charge in [-0.15, -0.1) is 0 Å². The summed E-state index contributed by atoms with van der Waals surface area (Å²) >= 11 is 12.1. The third-order valence-electron chi connectivity index (χ3n) is 1.95. The van der Waals surface area contributed by atoms with E-state index in [4.69, 9.17) is 16.7 Å². The number of carbonyl (C=O) groups excluding carboxylic acids is 1. The first-order chi connectivity index (χ1) is 6.71. The third kappa shape index (κ3) is 1.94. The van der Waals surface area contributed by atoms with Crippen molar-refractivity contribution >= 4 is 55.3 Å². The highest BCUT2D eigenvalue weighted by atomic mass is 79.9.